The Hall–Kier alpha value is -5.68. The molecule has 5 aromatic carbocycles. The Morgan fingerprint density at radius 1 is 0.800 bits per heavy atom. The molecule has 5 aromatic rings. The molecule has 65 heavy (non-hydrogen) atoms. The van der Waals surface area contributed by atoms with Crippen molar-refractivity contribution in [3.05, 3.63) is 101 Å². The average Bonchev–Trinajstić information content (AvgIpc) is 3.81. The highest BCUT2D eigenvalue weighted by Gasteiger charge is 2.50. The van der Waals surface area contributed by atoms with Crippen molar-refractivity contribution in [1.82, 2.24) is 5.32 Å². The first-order valence-electron chi connectivity index (χ1n) is 23.0. The third-order valence-corrected chi connectivity index (χ3v) is 13.6. The maximum absolute atomic E-state index is 13.0. The number of rotatable bonds is 13. The van der Waals surface area contributed by atoms with Crippen molar-refractivity contribution in [3.63, 3.8) is 0 Å². The molecule has 1 aliphatic carbocycles. The minimum absolute atomic E-state index is 0.0430. The highest BCUT2D eigenvalue weighted by atomic mass is 16.5. The molecule has 0 saturated heterocycles. The lowest BCUT2D eigenvalue weighted by atomic mass is 9.72. The summed E-state index contributed by atoms with van der Waals surface area (Å²) < 4.78 is 40.0. The van der Waals surface area contributed by atoms with E-state index >= 15 is 0 Å². The Labute approximate surface area is 380 Å². The number of phenols is 3. The largest absolute Gasteiger partial charge is 0.508 e. The predicted octanol–water partition coefficient (Wildman–Crippen LogP) is 8.26. The highest BCUT2D eigenvalue weighted by molar-refractivity contribution is 5.96. The van der Waals surface area contributed by atoms with E-state index in [1.807, 2.05) is 43.4 Å². The molecule has 3 heterocycles. The molecule has 6 N–H and O–H groups in total. The topological polar surface area (TPSA) is 169 Å². The number of aliphatic hydroxyl groups excluding tert-OH is 2. The molecule has 0 aromatic heterocycles. The van der Waals surface area contributed by atoms with Gasteiger partial charge in [0.1, 0.15) is 53.0 Å². The van der Waals surface area contributed by atoms with Crippen LogP contribution in [0.3, 0.4) is 0 Å². The van der Waals surface area contributed by atoms with Crippen LogP contribution in [0.4, 0.5) is 0 Å². The lowest BCUT2D eigenvalue weighted by Crippen LogP contribution is -2.49. The Bertz CT molecular complexity index is 2540. The second kappa shape index (κ2) is 19.8. The van der Waals surface area contributed by atoms with Crippen LogP contribution in [0, 0.1) is 23.7 Å². The molecule has 12 heteroatoms. The molecule has 1 saturated carbocycles. The first-order chi connectivity index (χ1) is 31.7. The van der Waals surface area contributed by atoms with Crippen molar-refractivity contribution < 1.29 is 54.0 Å². The SMILES string of the molecule is CN[C@H]1CC#CCOc2cc3c(c4ccc(O)cc24)O[C@@H](CCCOC)[C@@H]([C@H]2COc4c(Cc5cc(O)ccc5-c5cccc(O)c5)cc(OC5CCCC5)cc4[C@H]2O)[C@H]3O[C@H]1CCO. The Morgan fingerprint density at radius 3 is 2.42 bits per heavy atom. The van der Waals surface area contributed by atoms with Crippen molar-refractivity contribution in [2.24, 2.45) is 11.8 Å². The maximum atomic E-state index is 13.0. The zero-order chi connectivity index (χ0) is 45.0. The summed E-state index contributed by atoms with van der Waals surface area (Å²) in [5.74, 6) is 7.98. The average molecular weight is 886 g/mol. The lowest BCUT2D eigenvalue weighted by molar-refractivity contribution is -0.141. The molecule has 3 aliphatic heterocycles. The van der Waals surface area contributed by atoms with Crippen LogP contribution in [-0.2, 0) is 15.9 Å². The van der Waals surface area contributed by atoms with Crippen LogP contribution in [0.2, 0.25) is 0 Å². The van der Waals surface area contributed by atoms with Crippen molar-refractivity contribution in [2.75, 3.05) is 40.6 Å². The van der Waals surface area contributed by atoms with E-state index in [1.54, 1.807) is 49.6 Å². The van der Waals surface area contributed by atoms with E-state index in [2.05, 4.69) is 17.2 Å². The number of hydrogen-bond donors (Lipinski definition) is 6. The van der Waals surface area contributed by atoms with Crippen molar-refractivity contribution in [1.29, 1.82) is 0 Å². The van der Waals surface area contributed by atoms with Gasteiger partial charge < -0.3 is 59.3 Å². The van der Waals surface area contributed by atoms with Crippen LogP contribution in [-0.4, -0.2) is 90.5 Å². The van der Waals surface area contributed by atoms with Gasteiger partial charge in [-0.1, -0.05) is 30.0 Å². The molecule has 0 spiro atoms. The third kappa shape index (κ3) is 9.40. The molecular weight excluding hydrogens is 827 g/mol. The second-order valence-electron chi connectivity index (χ2n) is 17.8. The summed E-state index contributed by atoms with van der Waals surface area (Å²) >= 11 is 0. The molecule has 9 rings (SSSR count). The van der Waals surface area contributed by atoms with Crippen LogP contribution in [0.1, 0.15) is 85.8 Å². The molecule has 342 valence electrons. The zero-order valence-corrected chi connectivity index (χ0v) is 37.0. The molecule has 2 bridgehead atoms. The van der Waals surface area contributed by atoms with Gasteiger partial charge in [0.25, 0.3) is 0 Å². The molecule has 4 aliphatic rings. The number of hydrogen-bond acceptors (Lipinski definition) is 12. The Morgan fingerprint density at radius 2 is 1.62 bits per heavy atom. The number of methoxy groups -OCH3 is 1. The fourth-order valence-electron chi connectivity index (χ4n) is 10.4. The van der Waals surface area contributed by atoms with Crippen molar-refractivity contribution in [3.8, 4) is 63.2 Å². The van der Waals surface area contributed by atoms with E-state index in [0.29, 0.717) is 72.7 Å². The molecule has 0 amide bonds. The predicted molar refractivity (Wildman–Crippen MR) is 246 cm³/mol. The molecule has 0 unspecified atom stereocenters. The van der Waals surface area contributed by atoms with Crippen LogP contribution in [0.5, 0.6) is 40.2 Å². The van der Waals surface area contributed by atoms with E-state index in [-0.39, 0.29) is 49.2 Å². The van der Waals surface area contributed by atoms with Gasteiger partial charge in [-0.3, -0.25) is 0 Å². The maximum Gasteiger partial charge on any atom is 0.149 e. The highest BCUT2D eigenvalue weighted by Crippen LogP contribution is 2.55. The summed E-state index contributed by atoms with van der Waals surface area (Å²) in [5.41, 5.74) is 4.57. The van der Waals surface area contributed by atoms with Gasteiger partial charge in [0.2, 0.25) is 0 Å². The summed E-state index contributed by atoms with van der Waals surface area (Å²) in [6.07, 6.45) is 3.77. The van der Waals surface area contributed by atoms with Gasteiger partial charge in [0.15, 0.2) is 0 Å². The summed E-state index contributed by atoms with van der Waals surface area (Å²) in [5, 5.41) is 60.2. The third-order valence-electron chi connectivity index (χ3n) is 13.6. The summed E-state index contributed by atoms with van der Waals surface area (Å²) in [7, 11) is 3.54. The van der Waals surface area contributed by atoms with Crippen LogP contribution < -0.4 is 24.3 Å². The fourth-order valence-corrected chi connectivity index (χ4v) is 10.4. The van der Waals surface area contributed by atoms with Crippen molar-refractivity contribution in [2.45, 2.75) is 94.3 Å². The Kier molecular flexibility index (Phi) is 13.6. The number of ether oxygens (including phenoxy) is 6. The molecule has 7 atom stereocenters. The van der Waals surface area contributed by atoms with Crippen LogP contribution in [0.15, 0.2) is 78.9 Å². The number of aromatic hydroxyl groups is 3. The van der Waals surface area contributed by atoms with E-state index < -0.39 is 36.3 Å². The number of aliphatic hydroxyl groups is 2. The van der Waals surface area contributed by atoms with E-state index in [9.17, 15) is 25.5 Å². The van der Waals surface area contributed by atoms with E-state index in [4.69, 9.17) is 28.4 Å². The minimum atomic E-state index is -1.06. The first kappa shape index (κ1) is 44.5. The second-order valence-corrected chi connectivity index (χ2v) is 17.8. The monoisotopic (exact) mass is 885 g/mol. The van der Waals surface area contributed by atoms with Gasteiger partial charge >= 0.3 is 0 Å². The number of benzene rings is 5. The number of phenolic OH excluding ortho intramolecular Hbond substituents is 3. The molecule has 1 fully saturated rings. The van der Waals surface area contributed by atoms with E-state index in [1.165, 1.54) is 0 Å². The zero-order valence-electron chi connectivity index (χ0n) is 37.0. The van der Waals surface area contributed by atoms with Gasteiger partial charge in [-0.05, 0) is 129 Å². The van der Waals surface area contributed by atoms with Gasteiger partial charge in [-0.25, -0.2) is 0 Å². The first-order valence-corrected chi connectivity index (χ1v) is 23.0. The fraction of sp³-hybridized carbons (Fsp3) is 0.434. The molecular formula is C53H59NO11. The molecule has 0 radical (unpaired) electrons. The minimum Gasteiger partial charge on any atom is -0.508 e. The number of nitrogens with one attached hydrogen (secondary N) is 1. The summed E-state index contributed by atoms with van der Waals surface area (Å²) in [6, 6.07) is 23.0. The smallest absolute Gasteiger partial charge is 0.149 e. The summed E-state index contributed by atoms with van der Waals surface area (Å²) in [4.78, 5) is 0. The van der Waals surface area contributed by atoms with Gasteiger partial charge in [-0.2, -0.15) is 0 Å². The quantitative estimate of drug-likeness (QED) is 0.0496. The van der Waals surface area contributed by atoms with Crippen LogP contribution >= 0.6 is 0 Å². The molecule has 12 nitrogen and oxygen atoms in total. The Balaban J connectivity index is 1.18. The standard InChI is InChI=1S/C53H59NO11/c1-54-45-13-5-6-22-61-48-29-43-52(40-18-16-36(58)27-41(40)48)65-47(14-8-21-60-2)49(53(43)64-46(45)19-20-55)44-30-62-51-33(26-38(28-42(51)50(44)59)63-37-11-3-4-12-37)23-32-25-35(57)15-17-39(32)31-9-7-10-34(56)24-31/h7,9-10,15-18,24-29,37,44-47,49-50,53-59H,3-4,8,11-14,19-23,30H2,1-2H3/t44-,45+,46+,47+,49-,50-,53+/m1/s1. The van der Waals surface area contributed by atoms with Crippen LogP contribution in [0.25, 0.3) is 21.9 Å². The van der Waals surface area contributed by atoms with Crippen molar-refractivity contribution >= 4 is 10.8 Å². The summed E-state index contributed by atoms with van der Waals surface area (Å²) in [6.45, 7) is 0.639. The van der Waals surface area contributed by atoms with Gasteiger partial charge in [0, 0.05) is 78.5 Å². The lowest BCUT2D eigenvalue weighted by Gasteiger charge is -2.47. The van der Waals surface area contributed by atoms with Gasteiger partial charge in [0.05, 0.1) is 31.0 Å². The number of likely N-dealkylation sites (N-methyl/N-ethyl adjacent to an activating group) is 1. The van der Waals surface area contributed by atoms with E-state index in [0.717, 1.165) is 58.9 Å². The van der Waals surface area contributed by atoms with Gasteiger partial charge in [-0.15, -0.1) is 0 Å². The number of fused-ring (bicyclic) bond motifs is 5. The normalized spacial score (nSPS) is 24.0.